The maximum absolute atomic E-state index is 8.82. The van der Waals surface area contributed by atoms with Gasteiger partial charge in [0.1, 0.15) is 4.88 Å². The fraction of sp³-hybridized carbons (Fsp3) is 0.0556. The van der Waals surface area contributed by atoms with E-state index in [4.69, 9.17) is 21.3 Å². The van der Waals surface area contributed by atoms with Gasteiger partial charge in [-0.1, -0.05) is 53.7 Å². The molecule has 0 saturated carbocycles. The van der Waals surface area contributed by atoms with Gasteiger partial charge in [0.2, 0.25) is 0 Å². The lowest BCUT2D eigenvalue weighted by molar-refractivity contribution is 0.467. The molecular formula is C18H10ClN3OS2. The molecule has 0 atom stereocenters. The molecule has 0 bridgehead atoms. The Hall–Kier alpha value is -2.33. The molecule has 0 amide bonds. The van der Waals surface area contributed by atoms with Gasteiger partial charge in [0, 0.05) is 15.8 Å². The molecule has 122 valence electrons. The van der Waals surface area contributed by atoms with E-state index in [1.54, 1.807) is 23.5 Å². The van der Waals surface area contributed by atoms with Crippen LogP contribution in [0.1, 0.15) is 11.1 Å². The molecule has 0 radical (unpaired) electrons. The molecule has 4 nitrogen and oxygen atoms in total. The summed E-state index contributed by atoms with van der Waals surface area (Å²) in [6, 6.07) is 17.5. The summed E-state index contributed by atoms with van der Waals surface area (Å²) >= 11 is 9.45. The van der Waals surface area contributed by atoms with Crippen molar-refractivity contribution in [3.05, 3.63) is 64.7 Å². The first-order valence-corrected chi connectivity index (χ1v) is 9.55. The van der Waals surface area contributed by atoms with Crippen LogP contribution in [0.3, 0.4) is 0 Å². The van der Waals surface area contributed by atoms with E-state index in [-0.39, 0.29) is 0 Å². The molecule has 4 rings (SSSR count). The van der Waals surface area contributed by atoms with E-state index >= 15 is 0 Å². The number of halogens is 1. The van der Waals surface area contributed by atoms with Gasteiger partial charge in [0.25, 0.3) is 11.1 Å². The lowest BCUT2D eigenvalue weighted by Gasteiger charge is -1.97. The molecule has 25 heavy (non-hydrogen) atoms. The number of benzene rings is 2. The van der Waals surface area contributed by atoms with Crippen molar-refractivity contribution >= 4 is 44.8 Å². The van der Waals surface area contributed by atoms with Gasteiger partial charge in [-0.3, -0.25) is 0 Å². The molecule has 2 aromatic heterocycles. The molecule has 2 heterocycles. The Morgan fingerprint density at radius 3 is 2.68 bits per heavy atom. The number of aromatic nitrogens is 2. The Bertz CT molecular complexity index is 1080. The summed E-state index contributed by atoms with van der Waals surface area (Å²) in [7, 11) is 0. The van der Waals surface area contributed by atoms with Crippen LogP contribution in [0.25, 0.3) is 20.9 Å². The molecular weight excluding hydrogens is 374 g/mol. The second kappa shape index (κ2) is 6.89. The zero-order valence-corrected chi connectivity index (χ0v) is 15.2. The third-order valence-electron chi connectivity index (χ3n) is 3.58. The first-order chi connectivity index (χ1) is 12.2. The number of hydrogen-bond donors (Lipinski definition) is 0. The Balaban J connectivity index is 1.53. The SMILES string of the molecule is N#Cc1ccc(CSc2nnc(-c3sc4ccccc4c3Cl)o2)cc1. The molecule has 2 aromatic carbocycles. The summed E-state index contributed by atoms with van der Waals surface area (Å²) in [5, 5.41) is 19.2. The fourth-order valence-electron chi connectivity index (χ4n) is 2.33. The molecule has 0 saturated heterocycles. The molecule has 4 aromatic rings. The van der Waals surface area contributed by atoms with Crippen LogP contribution in [0.5, 0.6) is 0 Å². The van der Waals surface area contributed by atoms with Gasteiger partial charge in [-0.15, -0.1) is 21.5 Å². The number of nitriles is 1. The zero-order valence-electron chi connectivity index (χ0n) is 12.8. The van der Waals surface area contributed by atoms with Crippen molar-refractivity contribution in [2.24, 2.45) is 0 Å². The van der Waals surface area contributed by atoms with Gasteiger partial charge in [-0.05, 0) is 23.8 Å². The molecule has 7 heteroatoms. The minimum Gasteiger partial charge on any atom is -0.410 e. The highest BCUT2D eigenvalue weighted by Crippen LogP contribution is 2.41. The average molecular weight is 384 g/mol. The summed E-state index contributed by atoms with van der Waals surface area (Å²) in [6.45, 7) is 0. The van der Waals surface area contributed by atoms with Crippen LogP contribution in [0, 0.1) is 11.3 Å². The normalized spacial score (nSPS) is 10.9. The smallest absolute Gasteiger partial charge is 0.277 e. The predicted octanol–water partition coefficient (Wildman–Crippen LogP) is 5.77. The van der Waals surface area contributed by atoms with Gasteiger partial charge in [0.05, 0.1) is 16.7 Å². The zero-order chi connectivity index (χ0) is 17.2. The summed E-state index contributed by atoms with van der Waals surface area (Å²) in [5.41, 5.74) is 1.73. The number of rotatable bonds is 4. The monoisotopic (exact) mass is 383 g/mol. The van der Waals surface area contributed by atoms with E-state index in [0.29, 0.717) is 27.5 Å². The third kappa shape index (κ3) is 3.27. The topological polar surface area (TPSA) is 62.7 Å². The van der Waals surface area contributed by atoms with Crippen molar-refractivity contribution in [3.63, 3.8) is 0 Å². The molecule has 0 aliphatic heterocycles. The third-order valence-corrected chi connectivity index (χ3v) is 6.13. The molecule has 0 N–H and O–H groups in total. The number of hydrogen-bond acceptors (Lipinski definition) is 6. The van der Waals surface area contributed by atoms with Gasteiger partial charge in [0.15, 0.2) is 0 Å². The van der Waals surface area contributed by atoms with Crippen LogP contribution >= 0.6 is 34.7 Å². The molecule has 0 fully saturated rings. The lowest BCUT2D eigenvalue weighted by atomic mass is 10.2. The molecule has 0 aliphatic rings. The lowest BCUT2D eigenvalue weighted by Crippen LogP contribution is -1.81. The highest BCUT2D eigenvalue weighted by Gasteiger charge is 2.17. The largest absolute Gasteiger partial charge is 0.410 e. The maximum Gasteiger partial charge on any atom is 0.277 e. The minimum absolute atomic E-state index is 0.438. The summed E-state index contributed by atoms with van der Waals surface area (Å²) in [5.74, 6) is 1.13. The Kier molecular flexibility index (Phi) is 4.45. The van der Waals surface area contributed by atoms with E-state index in [1.807, 2.05) is 36.4 Å². The van der Waals surface area contributed by atoms with E-state index in [2.05, 4.69) is 16.3 Å². The Morgan fingerprint density at radius 1 is 1.12 bits per heavy atom. The van der Waals surface area contributed by atoms with Crippen molar-refractivity contribution < 1.29 is 4.42 Å². The van der Waals surface area contributed by atoms with E-state index in [1.165, 1.54) is 11.8 Å². The van der Waals surface area contributed by atoms with Crippen molar-refractivity contribution in [2.45, 2.75) is 11.0 Å². The van der Waals surface area contributed by atoms with Gasteiger partial charge >= 0.3 is 0 Å². The van der Waals surface area contributed by atoms with Crippen LogP contribution in [-0.4, -0.2) is 10.2 Å². The maximum atomic E-state index is 8.82. The quantitative estimate of drug-likeness (QED) is 0.418. The number of fused-ring (bicyclic) bond motifs is 1. The van der Waals surface area contributed by atoms with Gasteiger partial charge in [-0.25, -0.2) is 0 Å². The van der Waals surface area contributed by atoms with Crippen LogP contribution in [0.2, 0.25) is 5.02 Å². The fourth-order valence-corrected chi connectivity index (χ4v) is 4.48. The number of thioether (sulfide) groups is 1. The standard InChI is InChI=1S/C18H10ClN3OS2/c19-15-13-3-1-2-4-14(13)25-16(15)17-21-22-18(23-17)24-10-12-7-5-11(9-20)6-8-12/h1-8H,10H2. The van der Waals surface area contributed by atoms with E-state index in [9.17, 15) is 0 Å². The number of nitrogens with zero attached hydrogens (tertiary/aromatic N) is 3. The van der Waals surface area contributed by atoms with Crippen LogP contribution in [0.15, 0.2) is 58.2 Å². The van der Waals surface area contributed by atoms with Crippen LogP contribution in [0.4, 0.5) is 0 Å². The Morgan fingerprint density at radius 2 is 1.92 bits per heavy atom. The average Bonchev–Trinajstić information content (AvgIpc) is 3.25. The van der Waals surface area contributed by atoms with Crippen molar-refractivity contribution in [3.8, 4) is 16.8 Å². The predicted molar refractivity (Wildman–Crippen MR) is 101 cm³/mol. The second-order valence-electron chi connectivity index (χ2n) is 5.21. The highest BCUT2D eigenvalue weighted by molar-refractivity contribution is 7.98. The first kappa shape index (κ1) is 16.2. The van der Waals surface area contributed by atoms with E-state index in [0.717, 1.165) is 20.5 Å². The Labute approximate surface area is 157 Å². The number of thiophene rings is 1. The van der Waals surface area contributed by atoms with Crippen LogP contribution in [-0.2, 0) is 5.75 Å². The van der Waals surface area contributed by atoms with Crippen LogP contribution < -0.4 is 0 Å². The summed E-state index contributed by atoms with van der Waals surface area (Å²) in [6.07, 6.45) is 0. The van der Waals surface area contributed by atoms with Crippen molar-refractivity contribution in [1.29, 1.82) is 5.26 Å². The summed E-state index contributed by atoms with van der Waals surface area (Å²) in [4.78, 5) is 0.792. The molecule has 0 spiro atoms. The van der Waals surface area contributed by atoms with Crippen molar-refractivity contribution in [1.82, 2.24) is 10.2 Å². The second-order valence-corrected chi connectivity index (χ2v) is 7.57. The minimum atomic E-state index is 0.438. The molecule has 0 unspecified atom stereocenters. The first-order valence-electron chi connectivity index (χ1n) is 7.37. The molecule has 0 aliphatic carbocycles. The van der Waals surface area contributed by atoms with Gasteiger partial charge in [-0.2, -0.15) is 5.26 Å². The van der Waals surface area contributed by atoms with E-state index < -0.39 is 0 Å². The highest BCUT2D eigenvalue weighted by atomic mass is 35.5. The summed E-state index contributed by atoms with van der Waals surface area (Å²) < 4.78 is 6.85. The van der Waals surface area contributed by atoms with Gasteiger partial charge < -0.3 is 4.42 Å². The van der Waals surface area contributed by atoms with Crippen molar-refractivity contribution in [2.75, 3.05) is 0 Å².